The van der Waals surface area contributed by atoms with Crippen molar-refractivity contribution in [3.8, 4) is 0 Å². The number of hydrogen-bond acceptors (Lipinski definition) is 6. The average molecular weight is 393 g/mol. The van der Waals surface area contributed by atoms with Crippen molar-refractivity contribution in [2.45, 2.75) is 43.5 Å². The van der Waals surface area contributed by atoms with Gasteiger partial charge in [-0.05, 0) is 25.2 Å². The topological polar surface area (TPSA) is 147 Å². The molecule has 2 atom stereocenters. The summed E-state index contributed by atoms with van der Waals surface area (Å²) in [5.41, 5.74) is 0. The van der Waals surface area contributed by atoms with Crippen molar-refractivity contribution in [3.63, 3.8) is 0 Å². The fraction of sp³-hybridized carbons (Fsp3) is 1.00. The summed E-state index contributed by atoms with van der Waals surface area (Å²) in [5.74, 6) is -0.250. The predicted molar refractivity (Wildman–Crippen MR) is 85.0 cm³/mol. The second-order valence-corrected chi connectivity index (χ2v) is 11.2. The Morgan fingerprint density at radius 3 is 2.09 bits per heavy atom. The molecule has 0 aromatic heterocycles. The van der Waals surface area contributed by atoms with Crippen LogP contribution in [-0.2, 0) is 28.9 Å². The lowest BCUT2D eigenvalue weighted by Gasteiger charge is -2.30. The molecule has 0 saturated heterocycles. The van der Waals surface area contributed by atoms with Crippen molar-refractivity contribution in [1.29, 1.82) is 0 Å². The standard InChI is InChI=1S/C11H24NO8PS2/c1-22(16,17)11(9-5-3-4-6-9)10(20-21(13,14)15)7-8-12-23(2,18)19/h9-12H,3-8H2,1-2H3,(H2,13,14,15). The van der Waals surface area contributed by atoms with Crippen molar-refractivity contribution in [3.05, 3.63) is 0 Å². The lowest BCUT2D eigenvalue weighted by molar-refractivity contribution is 0.111. The van der Waals surface area contributed by atoms with Crippen LogP contribution in [0.25, 0.3) is 0 Å². The molecule has 0 aromatic carbocycles. The van der Waals surface area contributed by atoms with Gasteiger partial charge in [0.2, 0.25) is 10.0 Å². The highest BCUT2D eigenvalue weighted by Crippen LogP contribution is 2.43. The van der Waals surface area contributed by atoms with Crippen LogP contribution in [0.15, 0.2) is 0 Å². The molecule has 138 valence electrons. The number of sulfonamides is 1. The molecule has 1 saturated carbocycles. The molecule has 0 bridgehead atoms. The molecule has 2 unspecified atom stereocenters. The van der Waals surface area contributed by atoms with Gasteiger partial charge in [0.1, 0.15) is 0 Å². The highest BCUT2D eigenvalue weighted by molar-refractivity contribution is 7.91. The Bertz CT molecular complexity index is 635. The second kappa shape index (κ2) is 7.90. The van der Waals surface area contributed by atoms with Crippen LogP contribution in [0.2, 0.25) is 0 Å². The third-order valence-corrected chi connectivity index (χ3v) is 6.74. The van der Waals surface area contributed by atoms with Gasteiger partial charge in [-0.2, -0.15) is 0 Å². The van der Waals surface area contributed by atoms with Gasteiger partial charge in [0.15, 0.2) is 9.84 Å². The fourth-order valence-corrected chi connectivity index (χ4v) is 5.93. The normalized spacial score (nSPS) is 20.5. The first-order valence-corrected chi connectivity index (χ1v) is 12.5. The van der Waals surface area contributed by atoms with E-state index in [0.717, 1.165) is 25.4 Å². The van der Waals surface area contributed by atoms with Gasteiger partial charge in [-0.3, -0.25) is 4.52 Å². The van der Waals surface area contributed by atoms with E-state index in [9.17, 15) is 21.4 Å². The first kappa shape index (κ1) is 21.0. The van der Waals surface area contributed by atoms with Crippen molar-refractivity contribution >= 4 is 27.7 Å². The number of phosphoric acid groups is 1. The molecule has 1 aliphatic carbocycles. The average Bonchev–Trinajstić information content (AvgIpc) is 2.76. The minimum absolute atomic E-state index is 0.146. The Labute approximate surface area is 137 Å². The van der Waals surface area contributed by atoms with Crippen molar-refractivity contribution in [2.75, 3.05) is 19.1 Å². The molecule has 0 spiro atoms. The van der Waals surface area contributed by atoms with E-state index < -0.39 is 39.0 Å². The minimum Gasteiger partial charge on any atom is -0.303 e. The van der Waals surface area contributed by atoms with Crippen LogP contribution in [0.3, 0.4) is 0 Å². The van der Waals surface area contributed by atoms with Crippen molar-refractivity contribution in [2.24, 2.45) is 5.92 Å². The van der Waals surface area contributed by atoms with Crippen LogP contribution in [0.5, 0.6) is 0 Å². The van der Waals surface area contributed by atoms with Crippen LogP contribution in [0.1, 0.15) is 32.1 Å². The first-order valence-electron chi connectivity index (χ1n) is 7.17. The van der Waals surface area contributed by atoms with Gasteiger partial charge in [-0.25, -0.2) is 26.1 Å². The van der Waals surface area contributed by atoms with E-state index in [-0.39, 0.29) is 18.9 Å². The summed E-state index contributed by atoms with van der Waals surface area (Å²) in [6.45, 7) is -0.164. The summed E-state index contributed by atoms with van der Waals surface area (Å²) >= 11 is 0. The van der Waals surface area contributed by atoms with Gasteiger partial charge >= 0.3 is 7.82 Å². The number of sulfone groups is 1. The van der Waals surface area contributed by atoms with E-state index in [1.165, 1.54) is 0 Å². The Hall–Kier alpha value is -0.0300. The van der Waals surface area contributed by atoms with E-state index in [0.29, 0.717) is 12.8 Å². The molecule has 0 radical (unpaired) electrons. The lowest BCUT2D eigenvalue weighted by Crippen LogP contribution is -2.42. The van der Waals surface area contributed by atoms with Crippen molar-refractivity contribution in [1.82, 2.24) is 4.72 Å². The van der Waals surface area contributed by atoms with Crippen LogP contribution in [0.4, 0.5) is 0 Å². The molecular weight excluding hydrogens is 369 g/mol. The second-order valence-electron chi connectivity index (χ2n) is 5.93. The summed E-state index contributed by atoms with van der Waals surface area (Å²) in [4.78, 5) is 18.1. The number of nitrogens with one attached hydrogen (secondary N) is 1. The Morgan fingerprint density at radius 1 is 1.17 bits per heavy atom. The Balaban J connectivity index is 2.99. The van der Waals surface area contributed by atoms with Crippen LogP contribution >= 0.6 is 7.82 Å². The van der Waals surface area contributed by atoms with E-state index in [1.54, 1.807) is 0 Å². The summed E-state index contributed by atoms with van der Waals surface area (Å²) in [6, 6.07) is 0. The molecule has 1 rings (SSSR count). The zero-order chi connectivity index (χ0) is 17.9. The van der Waals surface area contributed by atoms with Gasteiger partial charge in [0, 0.05) is 12.8 Å². The largest absolute Gasteiger partial charge is 0.469 e. The molecule has 23 heavy (non-hydrogen) atoms. The molecule has 0 aliphatic heterocycles. The minimum atomic E-state index is -4.91. The molecule has 0 heterocycles. The zero-order valence-corrected chi connectivity index (χ0v) is 15.6. The first-order chi connectivity index (χ1) is 10.3. The summed E-state index contributed by atoms with van der Waals surface area (Å²) in [5, 5.41) is -1.07. The van der Waals surface area contributed by atoms with E-state index in [2.05, 4.69) is 4.72 Å². The number of rotatable bonds is 9. The predicted octanol–water partition coefficient (Wildman–Crippen LogP) is 0.00700. The third kappa shape index (κ3) is 8.06. The highest BCUT2D eigenvalue weighted by Gasteiger charge is 2.41. The summed E-state index contributed by atoms with van der Waals surface area (Å²) in [6.07, 6.45) is 3.50. The molecule has 12 heteroatoms. The van der Waals surface area contributed by atoms with E-state index >= 15 is 0 Å². The summed E-state index contributed by atoms with van der Waals surface area (Å²) < 4.78 is 64.5. The number of phosphoric ester groups is 1. The zero-order valence-electron chi connectivity index (χ0n) is 13.1. The maximum absolute atomic E-state index is 12.1. The highest BCUT2D eigenvalue weighted by atomic mass is 32.2. The van der Waals surface area contributed by atoms with Crippen LogP contribution in [0, 0.1) is 5.92 Å². The maximum Gasteiger partial charge on any atom is 0.469 e. The smallest absolute Gasteiger partial charge is 0.303 e. The van der Waals surface area contributed by atoms with Gasteiger partial charge in [-0.1, -0.05) is 12.8 Å². The molecule has 3 N–H and O–H groups in total. The monoisotopic (exact) mass is 393 g/mol. The molecule has 1 aliphatic rings. The lowest BCUT2D eigenvalue weighted by atomic mass is 9.97. The Kier molecular flexibility index (Phi) is 7.22. The van der Waals surface area contributed by atoms with Gasteiger partial charge in [-0.15, -0.1) is 0 Å². The van der Waals surface area contributed by atoms with Gasteiger partial charge < -0.3 is 9.79 Å². The maximum atomic E-state index is 12.1. The van der Waals surface area contributed by atoms with Crippen molar-refractivity contribution < 1.29 is 35.7 Å². The molecule has 0 aromatic rings. The third-order valence-electron chi connectivity index (χ3n) is 3.79. The van der Waals surface area contributed by atoms with E-state index in [1.807, 2.05) is 0 Å². The SMILES string of the molecule is CS(=O)(=O)NCCC(OP(=O)(O)O)C(C1CCCC1)S(C)(=O)=O. The van der Waals surface area contributed by atoms with Crippen LogP contribution < -0.4 is 4.72 Å². The molecular formula is C11H24NO8PS2. The summed E-state index contributed by atoms with van der Waals surface area (Å²) in [7, 11) is -12.0. The fourth-order valence-electron chi connectivity index (χ4n) is 3.05. The Morgan fingerprint density at radius 2 is 1.70 bits per heavy atom. The number of hydrogen-bond donors (Lipinski definition) is 3. The molecule has 1 fully saturated rings. The quantitative estimate of drug-likeness (QED) is 0.464. The molecule has 0 amide bonds. The van der Waals surface area contributed by atoms with Crippen LogP contribution in [-0.4, -0.2) is 57.0 Å². The molecule has 9 nitrogen and oxygen atoms in total. The van der Waals surface area contributed by atoms with E-state index in [4.69, 9.17) is 14.3 Å². The van der Waals surface area contributed by atoms with Gasteiger partial charge in [0.05, 0.1) is 17.6 Å². The van der Waals surface area contributed by atoms with Gasteiger partial charge in [0.25, 0.3) is 0 Å².